The van der Waals surface area contributed by atoms with Crippen LogP contribution >= 0.6 is 0 Å². The van der Waals surface area contributed by atoms with E-state index in [1.807, 2.05) is 0 Å². The summed E-state index contributed by atoms with van der Waals surface area (Å²) in [7, 11) is 0. The largest absolute Gasteiger partial charge is 3.00 e. The fourth-order valence-electron chi connectivity index (χ4n) is 0. The fourth-order valence-corrected chi connectivity index (χ4v) is 0. The van der Waals surface area contributed by atoms with Crippen LogP contribution < -0.4 is 0 Å². The molecule has 0 heterocycles. The van der Waals surface area contributed by atoms with E-state index < -0.39 is 0 Å². The number of hydrogen-bond donors (Lipinski definition) is 0. The van der Waals surface area contributed by atoms with Gasteiger partial charge in [0.15, 0.2) is 0 Å². The van der Waals surface area contributed by atoms with Crippen LogP contribution in [0.5, 0.6) is 0 Å². The summed E-state index contributed by atoms with van der Waals surface area (Å²) in [5.41, 5.74) is 0. The van der Waals surface area contributed by atoms with Crippen LogP contribution in [0.3, 0.4) is 0 Å². The average Bonchev–Trinajstić information content (AvgIpc) is 0. The minimum absolute atomic E-state index is 0. The predicted molar refractivity (Wildman–Crippen MR) is 16.3 cm³/mol. The van der Waals surface area contributed by atoms with Gasteiger partial charge in [0.05, 0.1) is 0 Å². The molecule has 0 fully saturated rings. The van der Waals surface area contributed by atoms with Crippen LogP contribution in [0, 0.1) is 0 Å². The fraction of sp³-hybridized carbons (Fsp3) is 0. The maximum atomic E-state index is 0. The summed E-state index contributed by atoms with van der Waals surface area (Å²) in [6.45, 7) is 0. The van der Waals surface area contributed by atoms with Gasteiger partial charge in [0.1, 0.15) is 0 Å². The topological polar surface area (TPSA) is 200 Å². The second-order valence-corrected chi connectivity index (χ2v) is 0. The van der Waals surface area contributed by atoms with Crippen molar-refractivity contribution in [2.75, 3.05) is 0 Å². The molecule has 0 atom stereocenters. The first-order chi connectivity index (χ1) is 0. The van der Waals surface area contributed by atoms with Gasteiger partial charge in [-0.15, -0.1) is 0 Å². The third kappa shape index (κ3) is 308. The van der Waals surface area contributed by atoms with Crippen LogP contribution in [-0.4, -0.2) is 34.7 Å². The Morgan fingerprint density at radius 2 is 0.308 bits per heavy atom. The van der Waals surface area contributed by atoms with Crippen LogP contribution in [0.25, 0.3) is 0 Å². The molecule has 0 aliphatic carbocycles. The zero-order valence-electron chi connectivity index (χ0n) is 5.40. The van der Waals surface area contributed by atoms with E-state index in [-0.39, 0.29) is 140 Å². The van der Waals surface area contributed by atoms with Crippen molar-refractivity contribution >= 4 is 34.7 Å². The molecular weight excluding hydrogens is 393 g/mol. The molecule has 0 aliphatic rings. The normalized spacial score (nSPS) is 0. The summed E-state index contributed by atoms with van der Waals surface area (Å²) in [6.07, 6.45) is 0. The quantitative estimate of drug-likeness (QED) is 0.427. The maximum absolute atomic E-state index is 0. The Labute approximate surface area is 139 Å². The summed E-state index contributed by atoms with van der Waals surface area (Å²) < 4.78 is 0. The molecule has 0 aromatic rings. The van der Waals surface area contributed by atoms with E-state index in [0.717, 1.165) is 0 Å². The van der Waals surface area contributed by atoms with Crippen LogP contribution in [0.2, 0.25) is 0 Å². The molecule has 82 valence electrons. The third-order valence-corrected chi connectivity index (χ3v) is 0. The molecular formula is Al2Mn2Ni2O7. The molecule has 0 aliphatic heterocycles. The van der Waals surface area contributed by atoms with Crippen molar-refractivity contribution < 1.29 is 105 Å². The zero-order valence-corrected chi connectivity index (χ0v) is 12.0. The second kappa shape index (κ2) is 358. The molecule has 2 radical (unpaired) electrons. The van der Waals surface area contributed by atoms with E-state index in [2.05, 4.69) is 0 Å². The molecule has 0 saturated heterocycles. The van der Waals surface area contributed by atoms with E-state index in [0.29, 0.717) is 0 Å². The van der Waals surface area contributed by atoms with Gasteiger partial charge in [0.2, 0.25) is 0 Å². The first kappa shape index (κ1) is 439. The molecule has 0 spiro atoms. The van der Waals surface area contributed by atoms with Gasteiger partial charge in [0, 0.05) is 0 Å². The molecule has 13 heteroatoms. The summed E-state index contributed by atoms with van der Waals surface area (Å²) in [5.74, 6) is 0. The van der Waals surface area contributed by atoms with Gasteiger partial charge in [-0.2, -0.15) is 0 Å². The van der Waals surface area contributed by atoms with Gasteiger partial charge in [-0.3, -0.25) is 0 Å². The van der Waals surface area contributed by atoms with Crippen LogP contribution in [0.15, 0.2) is 0 Å². The Kier molecular flexibility index (Phi) is 12100. The van der Waals surface area contributed by atoms with Crippen molar-refractivity contribution in [3.63, 3.8) is 0 Å². The summed E-state index contributed by atoms with van der Waals surface area (Å²) >= 11 is 0. The van der Waals surface area contributed by atoms with Crippen LogP contribution in [-0.2, 0) is 105 Å². The van der Waals surface area contributed by atoms with Crippen molar-refractivity contribution in [3.8, 4) is 0 Å². The third-order valence-electron chi connectivity index (χ3n) is 0. The summed E-state index contributed by atoms with van der Waals surface area (Å²) in [6, 6.07) is 0. The van der Waals surface area contributed by atoms with Crippen LogP contribution in [0.4, 0.5) is 0 Å². The molecule has 0 aromatic carbocycles. The molecule has 7 nitrogen and oxygen atoms in total. The molecule has 0 unspecified atom stereocenters. The van der Waals surface area contributed by atoms with Gasteiger partial charge in [-0.05, 0) is 0 Å². The van der Waals surface area contributed by atoms with Gasteiger partial charge >= 0.3 is 102 Å². The minimum Gasteiger partial charge on any atom is -2.00 e. The van der Waals surface area contributed by atoms with Gasteiger partial charge < -0.3 is 38.3 Å². The second-order valence-electron chi connectivity index (χ2n) is 0. The average molecular weight is 393 g/mol. The minimum atomic E-state index is 0. The summed E-state index contributed by atoms with van der Waals surface area (Å²) in [4.78, 5) is 0. The number of hydrogen-bond acceptors (Lipinski definition) is 0. The smallest absolute Gasteiger partial charge is 2.00 e. The molecule has 0 N–H and O–H groups in total. The Hall–Kier alpha value is 2.81. The van der Waals surface area contributed by atoms with Crippen molar-refractivity contribution in [1.82, 2.24) is 0 Å². The molecule has 0 amide bonds. The van der Waals surface area contributed by atoms with Crippen molar-refractivity contribution in [1.29, 1.82) is 0 Å². The molecule has 0 rings (SSSR count). The van der Waals surface area contributed by atoms with Gasteiger partial charge in [-0.1, -0.05) is 0 Å². The Morgan fingerprint density at radius 3 is 0.308 bits per heavy atom. The van der Waals surface area contributed by atoms with E-state index in [4.69, 9.17) is 0 Å². The Morgan fingerprint density at radius 1 is 0.308 bits per heavy atom. The Bertz CT molecular complexity index is 22.5. The standard InChI is InChI=1S/2Al.2Mn.2Ni.7O/q2*+3;4*+2;7*-2. The SMILES string of the molecule is [Al+3].[Al+3].[Mn+2].[Mn+2].[Ni+2].[Ni+2].[O-2].[O-2].[O-2].[O-2].[O-2].[O-2].[O-2]. The first-order valence-electron chi connectivity index (χ1n) is 0. The first-order valence-corrected chi connectivity index (χ1v) is 0. The molecule has 0 bridgehead atoms. The predicted octanol–water partition coefficient (Wildman–Crippen LogP) is -1.60. The van der Waals surface area contributed by atoms with Crippen molar-refractivity contribution in [3.05, 3.63) is 0 Å². The van der Waals surface area contributed by atoms with E-state index >= 15 is 0 Å². The molecule has 13 heavy (non-hydrogen) atoms. The number of rotatable bonds is 0. The molecule has 0 aromatic heterocycles. The zero-order chi connectivity index (χ0) is 0. The Balaban J connectivity index is 0. The summed E-state index contributed by atoms with van der Waals surface area (Å²) in [5, 5.41) is 0. The van der Waals surface area contributed by atoms with E-state index in [9.17, 15) is 0 Å². The molecule has 0 saturated carbocycles. The van der Waals surface area contributed by atoms with Gasteiger partial charge in [0.25, 0.3) is 0 Å². The van der Waals surface area contributed by atoms with E-state index in [1.165, 1.54) is 0 Å². The van der Waals surface area contributed by atoms with Crippen molar-refractivity contribution in [2.24, 2.45) is 0 Å². The monoisotopic (exact) mass is 392 g/mol. The van der Waals surface area contributed by atoms with Crippen LogP contribution in [0.1, 0.15) is 0 Å². The van der Waals surface area contributed by atoms with Gasteiger partial charge in [-0.25, -0.2) is 0 Å². The maximum Gasteiger partial charge on any atom is 3.00 e. The van der Waals surface area contributed by atoms with E-state index in [1.54, 1.807) is 0 Å². The van der Waals surface area contributed by atoms with Crippen molar-refractivity contribution in [2.45, 2.75) is 0 Å².